The molecule has 0 saturated carbocycles. The number of anilines is 1. The van der Waals surface area contributed by atoms with Gasteiger partial charge in [0.15, 0.2) is 0 Å². The fourth-order valence-corrected chi connectivity index (χ4v) is 2.32. The normalized spacial score (nSPS) is 20.0. The molecule has 0 aromatic heterocycles. The second-order valence-electron chi connectivity index (χ2n) is 4.07. The largest absolute Gasteiger partial charge is 0.481 e. The van der Waals surface area contributed by atoms with Gasteiger partial charge in [0.25, 0.3) is 0 Å². The van der Waals surface area contributed by atoms with Gasteiger partial charge in [0.05, 0.1) is 5.92 Å². The van der Waals surface area contributed by atoms with Gasteiger partial charge < -0.3 is 10.4 Å². The molecule has 0 aliphatic carbocycles. The molecule has 0 bridgehead atoms. The van der Waals surface area contributed by atoms with E-state index in [1.807, 2.05) is 6.92 Å². The maximum atomic E-state index is 13.1. The van der Waals surface area contributed by atoms with E-state index in [0.717, 1.165) is 11.3 Å². The Morgan fingerprint density at radius 2 is 2.44 bits per heavy atom. The Bertz CT molecular complexity index is 419. The summed E-state index contributed by atoms with van der Waals surface area (Å²) < 4.78 is 13.1. The summed E-state index contributed by atoms with van der Waals surface area (Å²) in [6, 6.07) is 4.49. The minimum absolute atomic E-state index is 0.131. The number of hydrogen-bond donors (Lipinski definition) is 2. The SMILES string of the molecule is CCC(C(=O)O)C1CNc2ccc(F)cc21. The van der Waals surface area contributed by atoms with Gasteiger partial charge in [-0.3, -0.25) is 4.79 Å². The van der Waals surface area contributed by atoms with Gasteiger partial charge in [-0.05, 0) is 30.2 Å². The van der Waals surface area contributed by atoms with Gasteiger partial charge in [-0.25, -0.2) is 4.39 Å². The summed E-state index contributed by atoms with van der Waals surface area (Å²) in [5.74, 6) is -1.71. The van der Waals surface area contributed by atoms with Crippen LogP contribution in [0.25, 0.3) is 0 Å². The predicted molar refractivity (Wildman–Crippen MR) is 59.0 cm³/mol. The quantitative estimate of drug-likeness (QED) is 0.827. The van der Waals surface area contributed by atoms with Gasteiger partial charge >= 0.3 is 5.97 Å². The summed E-state index contributed by atoms with van der Waals surface area (Å²) in [6.07, 6.45) is 0.553. The highest BCUT2D eigenvalue weighted by Gasteiger charge is 2.33. The molecule has 1 aliphatic heterocycles. The highest BCUT2D eigenvalue weighted by atomic mass is 19.1. The molecule has 0 amide bonds. The number of benzene rings is 1. The molecule has 0 fully saturated rings. The lowest BCUT2D eigenvalue weighted by atomic mass is 9.86. The predicted octanol–water partition coefficient (Wildman–Crippen LogP) is 2.45. The van der Waals surface area contributed by atoms with Crippen molar-refractivity contribution in [3.63, 3.8) is 0 Å². The maximum absolute atomic E-state index is 13.1. The Kier molecular flexibility index (Phi) is 2.81. The van der Waals surface area contributed by atoms with E-state index in [-0.39, 0.29) is 11.7 Å². The third-order valence-electron chi connectivity index (χ3n) is 3.17. The standard InChI is InChI=1S/C12H14FNO2/c1-2-8(12(15)16)10-6-14-11-4-3-7(13)5-9(10)11/h3-5,8,10,14H,2,6H2,1H3,(H,15,16). The second kappa shape index (κ2) is 4.12. The molecule has 2 atom stereocenters. The third kappa shape index (κ3) is 1.75. The second-order valence-corrected chi connectivity index (χ2v) is 4.07. The fraction of sp³-hybridized carbons (Fsp3) is 0.417. The van der Waals surface area contributed by atoms with Crippen LogP contribution in [0, 0.1) is 11.7 Å². The third-order valence-corrected chi connectivity index (χ3v) is 3.17. The molecule has 1 aromatic rings. The Morgan fingerprint density at radius 1 is 1.69 bits per heavy atom. The number of aliphatic carboxylic acids is 1. The molecule has 1 aliphatic rings. The van der Waals surface area contributed by atoms with Gasteiger partial charge in [-0.2, -0.15) is 0 Å². The molecular weight excluding hydrogens is 209 g/mol. The van der Waals surface area contributed by atoms with Crippen molar-refractivity contribution in [1.29, 1.82) is 0 Å². The molecule has 3 nitrogen and oxygen atoms in total. The summed E-state index contributed by atoms with van der Waals surface area (Å²) >= 11 is 0. The van der Waals surface area contributed by atoms with Crippen molar-refractivity contribution in [3.8, 4) is 0 Å². The van der Waals surface area contributed by atoms with E-state index in [9.17, 15) is 9.18 Å². The minimum Gasteiger partial charge on any atom is -0.481 e. The van der Waals surface area contributed by atoms with Gasteiger partial charge in [-0.1, -0.05) is 6.92 Å². The van der Waals surface area contributed by atoms with Crippen molar-refractivity contribution in [3.05, 3.63) is 29.6 Å². The first kappa shape index (κ1) is 10.9. The molecular formula is C12H14FNO2. The molecule has 2 rings (SSSR count). The average molecular weight is 223 g/mol. The van der Waals surface area contributed by atoms with Crippen molar-refractivity contribution in [2.45, 2.75) is 19.3 Å². The average Bonchev–Trinajstić information content (AvgIpc) is 2.62. The molecule has 2 N–H and O–H groups in total. The van der Waals surface area contributed by atoms with Crippen LogP contribution in [0.2, 0.25) is 0 Å². The zero-order chi connectivity index (χ0) is 11.7. The van der Waals surface area contributed by atoms with Crippen LogP contribution in [0.4, 0.5) is 10.1 Å². The van der Waals surface area contributed by atoms with Crippen LogP contribution in [0.5, 0.6) is 0 Å². The maximum Gasteiger partial charge on any atom is 0.307 e. The van der Waals surface area contributed by atoms with Crippen LogP contribution in [0.15, 0.2) is 18.2 Å². The molecule has 0 saturated heterocycles. The van der Waals surface area contributed by atoms with Crippen molar-refractivity contribution in [1.82, 2.24) is 0 Å². The minimum atomic E-state index is -0.814. The van der Waals surface area contributed by atoms with Gasteiger partial charge in [0.2, 0.25) is 0 Å². The Morgan fingerprint density at radius 3 is 3.06 bits per heavy atom. The van der Waals surface area contributed by atoms with Crippen molar-refractivity contribution >= 4 is 11.7 Å². The highest BCUT2D eigenvalue weighted by molar-refractivity contribution is 5.73. The lowest BCUT2D eigenvalue weighted by Crippen LogP contribution is -2.22. The topological polar surface area (TPSA) is 49.3 Å². The molecule has 1 heterocycles. The van der Waals surface area contributed by atoms with Crippen LogP contribution in [-0.4, -0.2) is 17.6 Å². The van der Waals surface area contributed by atoms with E-state index >= 15 is 0 Å². The van der Waals surface area contributed by atoms with Crippen molar-refractivity contribution in [2.75, 3.05) is 11.9 Å². The van der Waals surface area contributed by atoms with Gasteiger partial charge in [0, 0.05) is 18.2 Å². The molecule has 0 radical (unpaired) electrons. The summed E-state index contributed by atoms with van der Waals surface area (Å²) in [6.45, 7) is 2.42. The summed E-state index contributed by atoms with van der Waals surface area (Å²) in [5, 5.41) is 12.2. The number of rotatable bonds is 3. The number of fused-ring (bicyclic) bond motifs is 1. The number of nitrogens with one attached hydrogen (secondary N) is 1. The van der Waals surface area contributed by atoms with E-state index in [0.29, 0.717) is 13.0 Å². The Hall–Kier alpha value is -1.58. The molecule has 4 heteroatoms. The number of hydrogen-bond acceptors (Lipinski definition) is 2. The molecule has 86 valence electrons. The number of carboxylic acids is 1. The summed E-state index contributed by atoms with van der Waals surface area (Å²) in [5.41, 5.74) is 1.64. The zero-order valence-corrected chi connectivity index (χ0v) is 9.03. The van der Waals surface area contributed by atoms with E-state index in [4.69, 9.17) is 5.11 Å². The lowest BCUT2D eigenvalue weighted by molar-refractivity contribution is -0.142. The van der Waals surface area contributed by atoms with E-state index in [2.05, 4.69) is 5.32 Å². The molecule has 2 unspecified atom stereocenters. The zero-order valence-electron chi connectivity index (χ0n) is 9.03. The smallest absolute Gasteiger partial charge is 0.307 e. The molecule has 1 aromatic carbocycles. The van der Waals surface area contributed by atoms with Crippen molar-refractivity contribution in [2.24, 2.45) is 5.92 Å². The number of carboxylic acid groups (broad SMARTS) is 1. The van der Waals surface area contributed by atoms with Gasteiger partial charge in [-0.15, -0.1) is 0 Å². The Labute approximate surface area is 93.3 Å². The van der Waals surface area contributed by atoms with Crippen LogP contribution in [0.3, 0.4) is 0 Å². The molecule has 0 spiro atoms. The Balaban J connectivity index is 2.35. The van der Waals surface area contributed by atoms with Crippen LogP contribution in [0.1, 0.15) is 24.8 Å². The summed E-state index contributed by atoms with van der Waals surface area (Å²) in [4.78, 5) is 11.1. The van der Waals surface area contributed by atoms with Crippen LogP contribution < -0.4 is 5.32 Å². The monoisotopic (exact) mass is 223 g/mol. The van der Waals surface area contributed by atoms with E-state index in [1.54, 1.807) is 6.07 Å². The first-order valence-corrected chi connectivity index (χ1v) is 5.39. The van der Waals surface area contributed by atoms with E-state index in [1.165, 1.54) is 12.1 Å². The first-order chi connectivity index (χ1) is 7.63. The lowest BCUT2D eigenvalue weighted by Gasteiger charge is -2.17. The molecule has 16 heavy (non-hydrogen) atoms. The van der Waals surface area contributed by atoms with Crippen molar-refractivity contribution < 1.29 is 14.3 Å². The number of halogens is 1. The van der Waals surface area contributed by atoms with E-state index < -0.39 is 11.9 Å². The number of carbonyl (C=O) groups is 1. The fourth-order valence-electron chi connectivity index (χ4n) is 2.32. The highest BCUT2D eigenvalue weighted by Crippen LogP contribution is 2.38. The van der Waals surface area contributed by atoms with Crippen LogP contribution in [-0.2, 0) is 4.79 Å². The van der Waals surface area contributed by atoms with Crippen LogP contribution >= 0.6 is 0 Å². The summed E-state index contributed by atoms with van der Waals surface area (Å²) in [7, 11) is 0. The first-order valence-electron chi connectivity index (χ1n) is 5.39. The van der Waals surface area contributed by atoms with Gasteiger partial charge in [0.1, 0.15) is 5.82 Å².